The van der Waals surface area contributed by atoms with Gasteiger partial charge in [0.15, 0.2) is 6.61 Å². The molecule has 0 spiro atoms. The number of ether oxygens (including phenoxy) is 2. The number of nitrogens with one attached hydrogen (secondary N) is 1. The van der Waals surface area contributed by atoms with Gasteiger partial charge in [0.05, 0.1) is 24.4 Å². The van der Waals surface area contributed by atoms with Crippen molar-refractivity contribution in [1.29, 1.82) is 0 Å². The highest BCUT2D eigenvalue weighted by Gasteiger charge is 2.46. The molecule has 0 aliphatic carbocycles. The summed E-state index contributed by atoms with van der Waals surface area (Å²) in [4.78, 5) is 18.6. The standard InChI is InChI=1S/C21H24FN3O5S/c1-3-31(27,28)24-20-16(22)11-25-17(20)10-14-5-4-6-15(9-14)30-21-13(2)7-8-18(23-21)29-12-19(25)26/h4-9,16-17,20,24H,3,10-12H2,1-2H3/t16-,17-,20-/m0/s1. The summed E-state index contributed by atoms with van der Waals surface area (Å²) >= 11 is 0. The summed E-state index contributed by atoms with van der Waals surface area (Å²) in [5.74, 6) is 0.484. The van der Waals surface area contributed by atoms with Crippen LogP contribution in [-0.4, -0.2) is 61.4 Å². The topological polar surface area (TPSA) is 97.8 Å². The lowest BCUT2D eigenvalue weighted by atomic mass is 10.00. The molecule has 4 bridgehead atoms. The number of hydrogen-bond donors (Lipinski definition) is 1. The second-order valence-corrected chi connectivity index (χ2v) is 9.73. The van der Waals surface area contributed by atoms with Crippen molar-refractivity contribution in [2.45, 2.75) is 38.5 Å². The van der Waals surface area contributed by atoms with Crippen molar-refractivity contribution >= 4 is 15.9 Å². The van der Waals surface area contributed by atoms with Gasteiger partial charge < -0.3 is 14.4 Å². The number of amides is 1. The molecule has 1 aromatic carbocycles. The van der Waals surface area contributed by atoms with Gasteiger partial charge in [-0.1, -0.05) is 12.1 Å². The van der Waals surface area contributed by atoms with Crippen LogP contribution >= 0.6 is 0 Å². The fourth-order valence-electron chi connectivity index (χ4n) is 3.82. The molecule has 2 aliphatic rings. The number of fused-ring (bicyclic) bond motifs is 5. The highest BCUT2D eigenvalue weighted by Crippen LogP contribution is 2.30. The first-order valence-corrected chi connectivity index (χ1v) is 11.7. The van der Waals surface area contributed by atoms with E-state index < -0.39 is 34.2 Å². The van der Waals surface area contributed by atoms with Gasteiger partial charge in [-0.25, -0.2) is 17.5 Å². The first-order valence-electron chi connectivity index (χ1n) is 10.1. The molecule has 166 valence electrons. The number of nitrogens with zero attached hydrogens (tertiary/aromatic N) is 2. The molecule has 1 saturated heterocycles. The summed E-state index contributed by atoms with van der Waals surface area (Å²) in [5.41, 5.74) is 1.58. The molecule has 1 N–H and O–H groups in total. The molecule has 1 fully saturated rings. The Morgan fingerprint density at radius 2 is 2.10 bits per heavy atom. The van der Waals surface area contributed by atoms with Crippen LogP contribution in [-0.2, 0) is 21.2 Å². The Morgan fingerprint density at radius 3 is 2.87 bits per heavy atom. The largest absolute Gasteiger partial charge is 0.467 e. The SMILES string of the molecule is CCS(=O)(=O)N[C@H]1[C@@H](F)CN2C(=O)COc3ccc(C)c(n3)Oc3cccc(c3)C[C@@H]12. The molecule has 31 heavy (non-hydrogen) atoms. The van der Waals surface area contributed by atoms with Crippen LogP contribution in [0.1, 0.15) is 18.1 Å². The van der Waals surface area contributed by atoms with Crippen molar-refractivity contribution in [2.75, 3.05) is 18.9 Å². The minimum Gasteiger partial charge on any atom is -0.467 e. The van der Waals surface area contributed by atoms with Crippen molar-refractivity contribution in [3.63, 3.8) is 0 Å². The van der Waals surface area contributed by atoms with Crippen LogP contribution < -0.4 is 14.2 Å². The minimum atomic E-state index is -3.67. The van der Waals surface area contributed by atoms with Crippen molar-refractivity contribution in [2.24, 2.45) is 0 Å². The highest BCUT2D eigenvalue weighted by molar-refractivity contribution is 7.89. The van der Waals surface area contributed by atoms with E-state index in [-0.39, 0.29) is 31.2 Å². The molecular weight excluding hydrogens is 425 g/mol. The molecule has 0 radical (unpaired) electrons. The molecule has 4 rings (SSSR count). The van der Waals surface area contributed by atoms with Crippen molar-refractivity contribution < 1.29 is 27.1 Å². The van der Waals surface area contributed by atoms with E-state index in [0.29, 0.717) is 11.6 Å². The van der Waals surface area contributed by atoms with Gasteiger partial charge in [-0.3, -0.25) is 4.79 Å². The summed E-state index contributed by atoms with van der Waals surface area (Å²) in [6.45, 7) is 2.77. The quantitative estimate of drug-likeness (QED) is 0.770. The number of hydrogen-bond acceptors (Lipinski definition) is 6. The average molecular weight is 450 g/mol. The normalized spacial score (nSPS) is 23.6. The molecular formula is C21H24FN3O5S. The van der Waals surface area contributed by atoms with Crippen molar-refractivity contribution in [3.8, 4) is 17.5 Å². The van der Waals surface area contributed by atoms with Crippen molar-refractivity contribution in [1.82, 2.24) is 14.6 Å². The Bertz CT molecular complexity index is 1090. The number of rotatable bonds is 3. The Balaban J connectivity index is 1.73. The van der Waals surface area contributed by atoms with Crippen LogP contribution in [0.15, 0.2) is 36.4 Å². The van der Waals surface area contributed by atoms with Gasteiger partial charge in [-0.05, 0) is 44.0 Å². The van der Waals surface area contributed by atoms with Gasteiger partial charge in [0.25, 0.3) is 5.91 Å². The maximum absolute atomic E-state index is 14.9. The number of carbonyl (C=O) groups is 1. The van der Waals surface area contributed by atoms with E-state index >= 15 is 0 Å². The van der Waals surface area contributed by atoms with Gasteiger partial charge in [-0.2, -0.15) is 4.98 Å². The zero-order chi connectivity index (χ0) is 22.2. The number of pyridine rings is 1. The molecule has 3 atom stereocenters. The minimum absolute atomic E-state index is 0.177. The lowest BCUT2D eigenvalue weighted by molar-refractivity contribution is -0.134. The second-order valence-electron chi connectivity index (χ2n) is 7.69. The lowest BCUT2D eigenvalue weighted by Crippen LogP contribution is -2.50. The van der Waals surface area contributed by atoms with E-state index in [0.717, 1.165) is 11.1 Å². The number of aromatic nitrogens is 1. The first-order chi connectivity index (χ1) is 14.8. The molecule has 0 saturated carbocycles. The smallest absolute Gasteiger partial charge is 0.260 e. The van der Waals surface area contributed by atoms with E-state index in [1.165, 1.54) is 11.8 Å². The summed E-state index contributed by atoms with van der Waals surface area (Å²) in [6, 6.07) is 8.82. The Hall–Kier alpha value is -2.72. The number of halogens is 1. The zero-order valence-electron chi connectivity index (χ0n) is 17.2. The van der Waals surface area contributed by atoms with Crippen LogP contribution in [0.2, 0.25) is 0 Å². The third kappa shape index (κ3) is 4.64. The number of aryl methyl sites for hydroxylation is 1. The van der Waals surface area contributed by atoms with E-state index in [4.69, 9.17) is 9.47 Å². The number of carbonyl (C=O) groups excluding carboxylic acids is 1. The fourth-order valence-corrected chi connectivity index (χ4v) is 4.71. The third-order valence-electron chi connectivity index (χ3n) is 5.52. The van der Waals surface area contributed by atoms with Crippen LogP contribution in [0.5, 0.6) is 17.5 Å². The van der Waals surface area contributed by atoms with Gasteiger partial charge in [0.2, 0.25) is 21.8 Å². The number of alkyl halides is 1. The Morgan fingerprint density at radius 1 is 1.29 bits per heavy atom. The van der Waals surface area contributed by atoms with Crippen LogP contribution in [0, 0.1) is 6.92 Å². The highest BCUT2D eigenvalue weighted by atomic mass is 32.2. The van der Waals surface area contributed by atoms with Gasteiger partial charge in [0, 0.05) is 11.6 Å². The molecule has 1 amide bonds. The Kier molecular flexibility index (Phi) is 5.85. The van der Waals surface area contributed by atoms with Crippen LogP contribution in [0.25, 0.3) is 0 Å². The second kappa shape index (κ2) is 8.43. The lowest BCUT2D eigenvalue weighted by Gasteiger charge is -2.28. The fraction of sp³-hybridized carbons (Fsp3) is 0.429. The summed E-state index contributed by atoms with van der Waals surface area (Å²) in [5, 5.41) is 0. The molecule has 1 aromatic heterocycles. The van der Waals surface area contributed by atoms with Gasteiger partial charge in [0.1, 0.15) is 11.9 Å². The summed E-state index contributed by atoms with van der Waals surface area (Å²) in [7, 11) is -3.67. The maximum Gasteiger partial charge on any atom is 0.260 e. The number of benzene rings is 1. The zero-order valence-corrected chi connectivity index (χ0v) is 18.1. The van der Waals surface area contributed by atoms with Gasteiger partial charge >= 0.3 is 0 Å². The van der Waals surface area contributed by atoms with E-state index in [2.05, 4.69) is 9.71 Å². The van der Waals surface area contributed by atoms with E-state index in [9.17, 15) is 17.6 Å². The average Bonchev–Trinajstić information content (AvgIpc) is 3.03. The predicted octanol–water partition coefficient (Wildman–Crippen LogP) is 1.97. The summed E-state index contributed by atoms with van der Waals surface area (Å²) < 4.78 is 53.1. The molecule has 0 unspecified atom stereocenters. The van der Waals surface area contributed by atoms with Crippen LogP contribution in [0.4, 0.5) is 4.39 Å². The van der Waals surface area contributed by atoms with E-state index in [1.807, 2.05) is 13.0 Å². The molecule has 3 heterocycles. The molecule has 8 nitrogen and oxygen atoms in total. The van der Waals surface area contributed by atoms with Crippen molar-refractivity contribution in [3.05, 3.63) is 47.5 Å². The summed E-state index contributed by atoms with van der Waals surface area (Å²) in [6.07, 6.45) is -1.28. The predicted molar refractivity (Wildman–Crippen MR) is 111 cm³/mol. The first kappa shape index (κ1) is 21.5. The third-order valence-corrected chi connectivity index (χ3v) is 6.91. The monoisotopic (exact) mass is 449 g/mol. The Labute approximate surface area is 180 Å². The molecule has 2 aromatic rings. The van der Waals surface area contributed by atoms with Crippen LogP contribution in [0.3, 0.4) is 0 Å². The van der Waals surface area contributed by atoms with Gasteiger partial charge in [-0.15, -0.1) is 0 Å². The van der Waals surface area contributed by atoms with E-state index in [1.54, 1.807) is 30.3 Å². The molecule has 10 heteroatoms. The maximum atomic E-state index is 14.9. The molecule has 2 aliphatic heterocycles. The number of sulfonamides is 1.